The molecule has 0 radical (unpaired) electrons. The summed E-state index contributed by atoms with van der Waals surface area (Å²) < 4.78 is 10.8. The van der Waals surface area contributed by atoms with Crippen molar-refractivity contribution in [2.45, 2.75) is 26.8 Å². The molecule has 3 rings (SSSR count). The second-order valence-corrected chi connectivity index (χ2v) is 7.43. The number of carbonyl (C=O) groups excluding carboxylic acids is 1. The number of carbonyl (C=O) groups is 1. The van der Waals surface area contributed by atoms with Crippen LogP contribution in [0.5, 0.6) is 11.5 Å². The monoisotopic (exact) mass is 382 g/mol. The molecule has 2 aromatic rings. The molecule has 2 aromatic carbocycles. The Bertz CT molecular complexity index is 819. The summed E-state index contributed by atoms with van der Waals surface area (Å²) in [6, 6.07) is 10.4. The number of methoxy groups -OCH3 is 2. The number of piperazine rings is 1. The van der Waals surface area contributed by atoms with Crippen molar-refractivity contribution in [1.82, 2.24) is 4.90 Å². The molecule has 150 valence electrons. The molecule has 1 saturated heterocycles. The average molecular weight is 383 g/mol. The molecule has 1 heterocycles. The molecule has 5 heteroatoms. The van der Waals surface area contributed by atoms with Crippen molar-refractivity contribution in [3.05, 3.63) is 52.6 Å². The number of hydrogen-bond acceptors (Lipinski definition) is 5. The predicted molar refractivity (Wildman–Crippen MR) is 113 cm³/mol. The highest BCUT2D eigenvalue weighted by atomic mass is 16.5. The van der Waals surface area contributed by atoms with Crippen LogP contribution < -0.4 is 14.4 Å². The van der Waals surface area contributed by atoms with Crippen LogP contribution in [0.3, 0.4) is 0 Å². The highest BCUT2D eigenvalue weighted by Crippen LogP contribution is 2.33. The predicted octanol–water partition coefficient (Wildman–Crippen LogP) is 4.02. The van der Waals surface area contributed by atoms with Gasteiger partial charge in [-0.15, -0.1) is 0 Å². The van der Waals surface area contributed by atoms with Crippen LogP contribution in [0.2, 0.25) is 0 Å². The molecule has 28 heavy (non-hydrogen) atoms. The molecule has 0 bridgehead atoms. The number of benzene rings is 2. The van der Waals surface area contributed by atoms with Gasteiger partial charge >= 0.3 is 0 Å². The van der Waals surface area contributed by atoms with Gasteiger partial charge in [0.1, 0.15) is 6.29 Å². The second kappa shape index (κ2) is 8.65. The summed E-state index contributed by atoms with van der Waals surface area (Å²) in [4.78, 5) is 16.0. The van der Waals surface area contributed by atoms with Gasteiger partial charge in [0, 0.05) is 43.5 Å². The molecule has 0 aliphatic carbocycles. The van der Waals surface area contributed by atoms with Crippen molar-refractivity contribution in [1.29, 1.82) is 0 Å². The highest BCUT2D eigenvalue weighted by Gasteiger charge is 2.24. The molecule has 0 N–H and O–H groups in total. The molecule has 0 unspecified atom stereocenters. The third-order valence-corrected chi connectivity index (χ3v) is 5.72. The van der Waals surface area contributed by atoms with E-state index in [2.05, 4.69) is 42.7 Å². The van der Waals surface area contributed by atoms with E-state index in [1.54, 1.807) is 14.2 Å². The van der Waals surface area contributed by atoms with Gasteiger partial charge in [-0.25, -0.2) is 0 Å². The summed E-state index contributed by atoms with van der Waals surface area (Å²) >= 11 is 0. The second-order valence-electron chi connectivity index (χ2n) is 7.43. The summed E-state index contributed by atoms with van der Waals surface area (Å²) in [5.41, 5.74) is 5.59. The third kappa shape index (κ3) is 3.99. The lowest BCUT2D eigenvalue weighted by atomic mass is 10.0. The maximum absolute atomic E-state index is 11.1. The Labute approximate surface area is 167 Å². The number of nitrogens with zero attached hydrogens (tertiary/aromatic N) is 2. The summed E-state index contributed by atoms with van der Waals surface area (Å²) in [5.74, 6) is 1.53. The number of aldehydes is 1. The van der Waals surface area contributed by atoms with Gasteiger partial charge in [-0.3, -0.25) is 9.69 Å². The fourth-order valence-electron chi connectivity index (χ4n) is 4.21. The Morgan fingerprint density at radius 3 is 2.07 bits per heavy atom. The van der Waals surface area contributed by atoms with Crippen LogP contribution >= 0.6 is 0 Å². The summed E-state index contributed by atoms with van der Waals surface area (Å²) in [5, 5.41) is 0. The Hall–Kier alpha value is -2.53. The van der Waals surface area contributed by atoms with Gasteiger partial charge in [0.05, 0.1) is 14.2 Å². The third-order valence-electron chi connectivity index (χ3n) is 5.72. The van der Waals surface area contributed by atoms with E-state index in [1.165, 1.54) is 22.4 Å². The van der Waals surface area contributed by atoms with Gasteiger partial charge in [0.15, 0.2) is 11.5 Å². The quantitative estimate of drug-likeness (QED) is 0.706. The molecule has 0 aromatic heterocycles. The van der Waals surface area contributed by atoms with Crippen LogP contribution in [0.25, 0.3) is 0 Å². The van der Waals surface area contributed by atoms with E-state index in [-0.39, 0.29) is 0 Å². The van der Waals surface area contributed by atoms with Crippen LogP contribution in [-0.2, 0) is 0 Å². The number of anilines is 1. The van der Waals surface area contributed by atoms with Crippen molar-refractivity contribution in [2.75, 3.05) is 45.3 Å². The van der Waals surface area contributed by atoms with E-state index < -0.39 is 0 Å². The van der Waals surface area contributed by atoms with Gasteiger partial charge in [-0.2, -0.15) is 0 Å². The zero-order valence-electron chi connectivity index (χ0n) is 17.5. The molecule has 0 spiro atoms. The number of ether oxygens (including phenoxy) is 2. The lowest BCUT2D eigenvalue weighted by Crippen LogP contribution is -2.47. The SMILES string of the molecule is COc1ccc([C@@H](C)N2CCN(c3c(C)cc(C=O)cc3C)CC2)cc1OC. The molecule has 1 aliphatic heterocycles. The van der Waals surface area contributed by atoms with E-state index in [9.17, 15) is 4.79 Å². The number of aryl methyl sites for hydroxylation is 2. The molecule has 0 saturated carbocycles. The number of rotatable bonds is 6. The van der Waals surface area contributed by atoms with Crippen LogP contribution in [-0.4, -0.2) is 51.6 Å². The fraction of sp³-hybridized carbons (Fsp3) is 0.435. The van der Waals surface area contributed by atoms with E-state index in [0.717, 1.165) is 49.5 Å². The van der Waals surface area contributed by atoms with Gasteiger partial charge in [0.25, 0.3) is 0 Å². The van der Waals surface area contributed by atoms with Crippen LogP contribution in [0.4, 0.5) is 5.69 Å². The maximum Gasteiger partial charge on any atom is 0.161 e. The Kier molecular flexibility index (Phi) is 6.25. The Morgan fingerprint density at radius 1 is 0.929 bits per heavy atom. The van der Waals surface area contributed by atoms with Crippen LogP contribution in [0.1, 0.15) is 40.0 Å². The molecule has 5 nitrogen and oxygen atoms in total. The minimum absolute atomic E-state index is 0.307. The van der Waals surface area contributed by atoms with E-state index >= 15 is 0 Å². The molecule has 0 amide bonds. The first-order valence-corrected chi connectivity index (χ1v) is 9.75. The van der Waals surface area contributed by atoms with Crippen LogP contribution in [0.15, 0.2) is 30.3 Å². The molecule has 1 aliphatic rings. The normalized spacial score (nSPS) is 16.0. The molecule has 1 atom stereocenters. The first-order chi connectivity index (χ1) is 13.5. The zero-order chi connectivity index (χ0) is 20.3. The lowest BCUT2D eigenvalue weighted by Gasteiger charge is -2.40. The standard InChI is InChI=1S/C23H30N2O3/c1-16-12-19(15-26)13-17(2)23(16)25-10-8-24(9-11-25)18(3)20-6-7-21(27-4)22(14-20)28-5/h6-7,12-15,18H,8-11H2,1-5H3/t18-/m1/s1. The van der Waals surface area contributed by atoms with Gasteiger partial charge in [0.2, 0.25) is 0 Å². The van der Waals surface area contributed by atoms with E-state index in [1.807, 2.05) is 18.2 Å². The maximum atomic E-state index is 11.1. The van der Waals surface area contributed by atoms with E-state index in [4.69, 9.17) is 9.47 Å². The van der Waals surface area contributed by atoms with E-state index in [0.29, 0.717) is 6.04 Å². The minimum atomic E-state index is 0.307. The Morgan fingerprint density at radius 2 is 1.54 bits per heavy atom. The first kappa shape index (κ1) is 20.2. The first-order valence-electron chi connectivity index (χ1n) is 9.75. The van der Waals surface area contributed by atoms with Crippen LogP contribution in [0, 0.1) is 13.8 Å². The van der Waals surface area contributed by atoms with Crippen molar-refractivity contribution < 1.29 is 14.3 Å². The minimum Gasteiger partial charge on any atom is -0.493 e. The summed E-state index contributed by atoms with van der Waals surface area (Å²) in [6.07, 6.45) is 0.923. The zero-order valence-corrected chi connectivity index (χ0v) is 17.5. The topological polar surface area (TPSA) is 42.0 Å². The molecule has 1 fully saturated rings. The average Bonchev–Trinajstić information content (AvgIpc) is 2.72. The fourth-order valence-corrected chi connectivity index (χ4v) is 4.21. The lowest BCUT2D eigenvalue weighted by molar-refractivity contribution is 0.112. The molecular weight excluding hydrogens is 352 g/mol. The number of hydrogen-bond donors (Lipinski definition) is 0. The Balaban J connectivity index is 1.71. The van der Waals surface area contributed by atoms with Crippen molar-refractivity contribution in [3.8, 4) is 11.5 Å². The largest absolute Gasteiger partial charge is 0.493 e. The van der Waals surface area contributed by atoms with Crippen molar-refractivity contribution >= 4 is 12.0 Å². The van der Waals surface area contributed by atoms with Gasteiger partial charge in [-0.05, 0) is 61.7 Å². The van der Waals surface area contributed by atoms with Gasteiger partial charge in [-0.1, -0.05) is 6.07 Å². The van der Waals surface area contributed by atoms with Gasteiger partial charge < -0.3 is 14.4 Å². The summed E-state index contributed by atoms with van der Waals surface area (Å²) in [7, 11) is 3.33. The highest BCUT2D eigenvalue weighted by molar-refractivity contribution is 5.78. The molecular formula is C23H30N2O3. The smallest absolute Gasteiger partial charge is 0.161 e. The van der Waals surface area contributed by atoms with Crippen molar-refractivity contribution in [2.24, 2.45) is 0 Å². The van der Waals surface area contributed by atoms with Crippen molar-refractivity contribution in [3.63, 3.8) is 0 Å². The summed E-state index contributed by atoms with van der Waals surface area (Å²) in [6.45, 7) is 10.3.